The first-order valence-corrected chi connectivity index (χ1v) is 7.62. The number of rotatable bonds is 5. The van der Waals surface area contributed by atoms with E-state index in [9.17, 15) is 9.59 Å². The number of ketones is 1. The van der Waals surface area contributed by atoms with Gasteiger partial charge in [0, 0.05) is 18.9 Å². The van der Waals surface area contributed by atoms with Gasteiger partial charge in [-0.15, -0.1) is 0 Å². The third kappa shape index (κ3) is 3.53. The molecule has 0 saturated carbocycles. The van der Waals surface area contributed by atoms with Gasteiger partial charge >= 0.3 is 0 Å². The number of carbonyl (C=O) groups excluding carboxylic acids is 2. The first kappa shape index (κ1) is 16.3. The number of allylic oxidation sites excluding steroid dienone is 1. The van der Waals surface area contributed by atoms with Gasteiger partial charge in [-0.05, 0) is 42.5 Å². The summed E-state index contributed by atoms with van der Waals surface area (Å²) < 4.78 is 1.76. The van der Waals surface area contributed by atoms with E-state index in [0.717, 1.165) is 11.0 Å². The highest BCUT2D eigenvalue weighted by Gasteiger charge is 2.12. The molecule has 3 aromatic rings. The number of hydrogen-bond donors (Lipinski definition) is 1. The molecule has 1 aromatic carbocycles. The van der Waals surface area contributed by atoms with Crippen LogP contribution in [0, 0.1) is 0 Å². The van der Waals surface area contributed by atoms with E-state index in [-0.39, 0.29) is 11.7 Å². The van der Waals surface area contributed by atoms with Gasteiger partial charge in [0.25, 0.3) is 0 Å². The monoisotopic (exact) mass is 332 g/mol. The molecule has 0 unspecified atom stereocenters. The van der Waals surface area contributed by atoms with Crippen LogP contribution in [-0.2, 0) is 11.8 Å². The number of benzene rings is 1. The number of hydrogen-bond acceptors (Lipinski definition) is 4. The van der Waals surface area contributed by atoms with E-state index in [2.05, 4.69) is 21.9 Å². The zero-order chi connectivity index (χ0) is 17.8. The highest BCUT2D eigenvalue weighted by atomic mass is 16.1. The van der Waals surface area contributed by atoms with Crippen molar-refractivity contribution in [3.05, 3.63) is 72.8 Å². The van der Waals surface area contributed by atoms with Gasteiger partial charge in [0.05, 0.1) is 16.7 Å². The topological polar surface area (TPSA) is 76.9 Å². The van der Waals surface area contributed by atoms with Crippen molar-refractivity contribution in [2.45, 2.75) is 0 Å². The number of imidazole rings is 1. The zero-order valence-electron chi connectivity index (χ0n) is 13.6. The highest BCUT2D eigenvalue weighted by Crippen LogP contribution is 2.15. The molecule has 2 heterocycles. The molecule has 0 aliphatic heterocycles. The van der Waals surface area contributed by atoms with Crippen molar-refractivity contribution in [3.63, 3.8) is 0 Å². The molecule has 0 spiro atoms. The maximum absolute atomic E-state index is 12.4. The van der Waals surface area contributed by atoms with Crippen molar-refractivity contribution >= 4 is 34.5 Å². The summed E-state index contributed by atoms with van der Waals surface area (Å²) in [6, 6.07) is 10.9. The molecule has 0 aliphatic carbocycles. The lowest BCUT2D eigenvalue weighted by Gasteiger charge is -2.02. The van der Waals surface area contributed by atoms with Crippen molar-refractivity contribution in [3.8, 4) is 0 Å². The largest absolute Gasteiger partial charge is 0.324 e. The Bertz CT molecular complexity index is 1000. The third-order valence-electron chi connectivity index (χ3n) is 3.65. The predicted octanol–water partition coefficient (Wildman–Crippen LogP) is 2.99. The number of anilines is 1. The summed E-state index contributed by atoms with van der Waals surface area (Å²) in [6.07, 6.45) is 5.75. The van der Waals surface area contributed by atoms with Gasteiger partial charge in [-0.2, -0.15) is 0 Å². The Morgan fingerprint density at radius 1 is 1.24 bits per heavy atom. The fourth-order valence-electron chi connectivity index (χ4n) is 2.41. The Labute approximate surface area is 144 Å². The Hall–Kier alpha value is -3.54. The first-order chi connectivity index (χ1) is 12.1. The van der Waals surface area contributed by atoms with E-state index in [0.29, 0.717) is 17.2 Å². The molecule has 6 nitrogen and oxygen atoms in total. The minimum absolute atomic E-state index is 0.221. The van der Waals surface area contributed by atoms with Crippen molar-refractivity contribution in [2.75, 3.05) is 5.32 Å². The molecule has 0 radical (unpaired) electrons. The predicted molar refractivity (Wildman–Crippen MR) is 97.1 cm³/mol. The Morgan fingerprint density at radius 2 is 2.04 bits per heavy atom. The van der Waals surface area contributed by atoms with Gasteiger partial charge in [-0.3, -0.25) is 14.6 Å². The van der Waals surface area contributed by atoms with Gasteiger partial charge in [-0.1, -0.05) is 18.7 Å². The summed E-state index contributed by atoms with van der Waals surface area (Å²) in [7, 11) is 1.81. The van der Waals surface area contributed by atoms with Crippen LogP contribution in [0.25, 0.3) is 17.1 Å². The van der Waals surface area contributed by atoms with E-state index >= 15 is 0 Å². The minimum Gasteiger partial charge on any atom is -0.324 e. The lowest BCUT2D eigenvalue weighted by atomic mass is 10.2. The van der Waals surface area contributed by atoms with E-state index in [1.807, 2.05) is 24.3 Å². The average Bonchev–Trinajstić information content (AvgIpc) is 2.97. The van der Waals surface area contributed by atoms with E-state index in [1.54, 1.807) is 36.0 Å². The average molecular weight is 332 g/mol. The summed E-state index contributed by atoms with van der Waals surface area (Å²) in [4.78, 5) is 32.3. The van der Waals surface area contributed by atoms with E-state index in [4.69, 9.17) is 0 Å². The van der Waals surface area contributed by atoms with Crippen LogP contribution >= 0.6 is 0 Å². The van der Waals surface area contributed by atoms with Crippen LogP contribution in [0.2, 0.25) is 0 Å². The molecule has 124 valence electrons. The molecule has 25 heavy (non-hydrogen) atoms. The minimum atomic E-state index is -0.308. The molecule has 0 saturated heterocycles. The molecular formula is C19H16N4O2. The number of aryl methyl sites for hydroxylation is 1. The number of nitrogens with one attached hydrogen (secondary N) is 1. The number of amides is 1. The standard InChI is InChI=1S/C19H16N4O2/c1-3-18(25)21-14-10-11-20-13(12-14)8-9-17(24)19-22-15-6-4-5-7-16(15)23(19)2/h3-12H,1H2,2H3,(H,20,21,25)/b9-8+. The summed E-state index contributed by atoms with van der Waals surface area (Å²) >= 11 is 0. The molecule has 1 N–H and O–H groups in total. The molecule has 0 fully saturated rings. The summed E-state index contributed by atoms with van der Waals surface area (Å²) in [5.41, 5.74) is 2.80. The lowest BCUT2D eigenvalue weighted by Crippen LogP contribution is -2.07. The number of pyridine rings is 1. The maximum Gasteiger partial charge on any atom is 0.247 e. The van der Waals surface area contributed by atoms with Gasteiger partial charge in [0.1, 0.15) is 0 Å². The van der Waals surface area contributed by atoms with Crippen molar-refractivity contribution in [1.82, 2.24) is 14.5 Å². The Morgan fingerprint density at radius 3 is 2.80 bits per heavy atom. The number of carbonyl (C=O) groups is 2. The fraction of sp³-hybridized carbons (Fsp3) is 0.0526. The Kier molecular flexibility index (Phi) is 4.52. The quantitative estimate of drug-likeness (QED) is 0.575. The lowest BCUT2D eigenvalue weighted by molar-refractivity contribution is -0.111. The molecule has 3 rings (SSSR count). The third-order valence-corrected chi connectivity index (χ3v) is 3.65. The second-order valence-corrected chi connectivity index (χ2v) is 5.34. The molecule has 0 aliphatic rings. The van der Waals surface area contributed by atoms with Crippen molar-refractivity contribution in [2.24, 2.45) is 7.05 Å². The van der Waals surface area contributed by atoms with Gasteiger partial charge in [-0.25, -0.2) is 4.98 Å². The van der Waals surface area contributed by atoms with Gasteiger partial charge in [0.2, 0.25) is 11.7 Å². The first-order valence-electron chi connectivity index (χ1n) is 7.62. The molecule has 6 heteroatoms. The van der Waals surface area contributed by atoms with Crippen LogP contribution in [0.3, 0.4) is 0 Å². The zero-order valence-corrected chi connectivity index (χ0v) is 13.6. The SMILES string of the molecule is C=CC(=O)Nc1ccnc(/C=C/C(=O)c2nc3ccccc3n2C)c1. The van der Waals surface area contributed by atoms with Crippen LogP contribution in [0.15, 0.2) is 61.3 Å². The van der Waals surface area contributed by atoms with Crippen molar-refractivity contribution in [1.29, 1.82) is 0 Å². The second-order valence-electron chi connectivity index (χ2n) is 5.34. The Balaban J connectivity index is 1.82. The van der Waals surface area contributed by atoms with Crippen LogP contribution in [0.5, 0.6) is 0 Å². The van der Waals surface area contributed by atoms with Crippen LogP contribution in [0.4, 0.5) is 5.69 Å². The normalized spacial score (nSPS) is 10.9. The smallest absolute Gasteiger partial charge is 0.247 e. The molecule has 2 aromatic heterocycles. The summed E-state index contributed by atoms with van der Waals surface area (Å²) in [5, 5.41) is 2.65. The fourth-order valence-corrected chi connectivity index (χ4v) is 2.41. The van der Waals surface area contributed by atoms with Crippen LogP contribution < -0.4 is 5.32 Å². The van der Waals surface area contributed by atoms with Crippen molar-refractivity contribution < 1.29 is 9.59 Å². The maximum atomic E-state index is 12.4. The summed E-state index contributed by atoms with van der Waals surface area (Å²) in [5.74, 6) is -0.175. The van der Waals surface area contributed by atoms with E-state index in [1.165, 1.54) is 12.2 Å². The van der Waals surface area contributed by atoms with Crippen LogP contribution in [0.1, 0.15) is 16.3 Å². The van der Waals surface area contributed by atoms with E-state index < -0.39 is 0 Å². The van der Waals surface area contributed by atoms with Crippen LogP contribution in [-0.4, -0.2) is 26.2 Å². The number of aromatic nitrogens is 3. The highest BCUT2D eigenvalue weighted by molar-refractivity contribution is 6.06. The van der Waals surface area contributed by atoms with Gasteiger partial charge in [0.15, 0.2) is 5.82 Å². The number of fused-ring (bicyclic) bond motifs is 1. The second kappa shape index (κ2) is 6.92. The van der Waals surface area contributed by atoms with Gasteiger partial charge < -0.3 is 9.88 Å². The number of nitrogens with zero attached hydrogens (tertiary/aromatic N) is 3. The molecule has 0 bridgehead atoms. The number of para-hydroxylation sites is 2. The molecular weight excluding hydrogens is 316 g/mol. The molecule has 0 atom stereocenters. The summed E-state index contributed by atoms with van der Waals surface area (Å²) in [6.45, 7) is 3.40. The molecule has 1 amide bonds.